The van der Waals surface area contributed by atoms with Crippen molar-refractivity contribution in [3.63, 3.8) is 0 Å². The highest BCUT2D eigenvalue weighted by atomic mass is 16.5. The fourth-order valence-corrected chi connectivity index (χ4v) is 0.457. The van der Waals surface area contributed by atoms with Crippen LogP contribution in [0.2, 0.25) is 0 Å². The molecule has 0 bridgehead atoms. The molecule has 0 aromatic heterocycles. The maximum absolute atomic E-state index is 8.95. The van der Waals surface area contributed by atoms with Gasteiger partial charge in [0.25, 0.3) is 0 Å². The lowest BCUT2D eigenvalue weighted by molar-refractivity contribution is -0.0348. The van der Waals surface area contributed by atoms with Crippen LogP contribution in [0.15, 0.2) is 0 Å². The number of aliphatic hydroxyl groups is 1. The maximum atomic E-state index is 8.95. The lowest BCUT2D eigenvalue weighted by Crippen LogP contribution is -2.24. The average molecular weight is 212 g/mol. The molecular formula is C11H32O3. The van der Waals surface area contributed by atoms with Crippen LogP contribution < -0.4 is 0 Å². The van der Waals surface area contributed by atoms with E-state index in [4.69, 9.17) is 14.6 Å². The highest BCUT2D eigenvalue weighted by molar-refractivity contribution is 4.55. The highest BCUT2D eigenvalue weighted by Gasteiger charge is 2.07. The smallest absolute Gasteiger partial charge is 0.0804 e. The maximum Gasteiger partial charge on any atom is 0.0804 e. The quantitative estimate of drug-likeness (QED) is 0.712. The van der Waals surface area contributed by atoms with E-state index >= 15 is 0 Å². The Morgan fingerprint density at radius 1 is 1.00 bits per heavy atom. The van der Waals surface area contributed by atoms with Gasteiger partial charge in [0, 0.05) is 7.11 Å². The van der Waals surface area contributed by atoms with E-state index < -0.39 is 6.10 Å². The molecule has 0 saturated heterocycles. The fraction of sp³-hybridized carbons (Fsp3) is 1.00. The molecule has 0 aromatic rings. The molecule has 0 fully saturated rings. The van der Waals surface area contributed by atoms with Crippen molar-refractivity contribution < 1.29 is 14.6 Å². The van der Waals surface area contributed by atoms with Crippen LogP contribution in [0.5, 0.6) is 0 Å². The van der Waals surface area contributed by atoms with E-state index in [1.54, 1.807) is 14.0 Å². The van der Waals surface area contributed by atoms with E-state index in [1.165, 1.54) is 0 Å². The third kappa shape index (κ3) is 17.8. The van der Waals surface area contributed by atoms with Crippen LogP contribution in [0.4, 0.5) is 0 Å². The second kappa shape index (κ2) is 18.6. The minimum atomic E-state index is -0.406. The number of ether oxygens (including phenoxy) is 2. The molecule has 0 aromatic carbocycles. The van der Waals surface area contributed by atoms with Gasteiger partial charge < -0.3 is 14.6 Å². The van der Waals surface area contributed by atoms with E-state index in [0.717, 1.165) is 0 Å². The lowest BCUT2D eigenvalue weighted by Gasteiger charge is -2.14. The van der Waals surface area contributed by atoms with Crippen LogP contribution in [0.1, 0.15) is 43.6 Å². The molecular weight excluding hydrogens is 180 g/mol. The lowest BCUT2D eigenvalue weighted by atomic mass is 10.3. The third-order valence-electron chi connectivity index (χ3n) is 1.35. The molecule has 0 aliphatic heterocycles. The molecule has 2 atom stereocenters. The Balaban J connectivity index is -0.0000000675. The monoisotopic (exact) mass is 212 g/mol. The Morgan fingerprint density at radius 3 is 1.71 bits per heavy atom. The molecule has 3 nitrogen and oxygen atoms in total. The van der Waals surface area contributed by atoms with Gasteiger partial charge in [0.15, 0.2) is 0 Å². The molecule has 0 radical (unpaired) electrons. The summed E-state index contributed by atoms with van der Waals surface area (Å²) in [6.07, 6.45) is -0.507. The number of aliphatic hydroxyl groups excluding tert-OH is 1. The number of rotatable bonds is 5. The molecule has 0 saturated carbocycles. The summed E-state index contributed by atoms with van der Waals surface area (Å²) in [6, 6.07) is 0. The highest BCUT2D eigenvalue weighted by Crippen LogP contribution is 1.96. The second-order valence-corrected chi connectivity index (χ2v) is 2.31. The topological polar surface area (TPSA) is 38.7 Å². The van der Waals surface area contributed by atoms with Gasteiger partial charge in [-0.3, -0.25) is 0 Å². The summed E-state index contributed by atoms with van der Waals surface area (Å²) in [6.45, 7) is 4.66. The third-order valence-corrected chi connectivity index (χ3v) is 1.35. The van der Waals surface area contributed by atoms with Crippen LogP contribution in [-0.4, -0.2) is 37.6 Å². The Hall–Kier alpha value is -0.120. The Bertz CT molecular complexity index is 74.9. The zero-order chi connectivity index (χ0) is 7.98. The first-order chi connectivity index (χ1) is 4.68. The van der Waals surface area contributed by atoms with E-state index in [9.17, 15) is 0 Å². The van der Waals surface area contributed by atoms with Gasteiger partial charge in [-0.2, -0.15) is 0 Å². The van der Waals surface area contributed by atoms with Crippen molar-refractivity contribution in [2.24, 2.45) is 0 Å². The Kier molecular flexibility index (Phi) is 38.8. The first-order valence-corrected chi connectivity index (χ1v) is 3.47. The molecule has 0 rings (SSSR count). The SMILES string of the molecule is C.C.C.C.COCCOC(C)C(C)O. The summed E-state index contributed by atoms with van der Waals surface area (Å²) < 4.78 is 9.93. The Morgan fingerprint density at radius 2 is 1.43 bits per heavy atom. The van der Waals surface area contributed by atoms with Crippen LogP contribution in [0, 0.1) is 0 Å². The van der Waals surface area contributed by atoms with Crippen LogP contribution >= 0.6 is 0 Å². The molecule has 0 heterocycles. The van der Waals surface area contributed by atoms with E-state index in [-0.39, 0.29) is 35.8 Å². The van der Waals surface area contributed by atoms with Gasteiger partial charge in [0.05, 0.1) is 25.4 Å². The van der Waals surface area contributed by atoms with E-state index in [2.05, 4.69) is 0 Å². The predicted octanol–water partition coefficient (Wildman–Crippen LogP) is 2.96. The van der Waals surface area contributed by atoms with Gasteiger partial charge in [-0.1, -0.05) is 29.7 Å². The van der Waals surface area contributed by atoms with Crippen molar-refractivity contribution in [2.45, 2.75) is 55.8 Å². The normalized spacial score (nSPS) is 12.0. The number of hydrogen-bond acceptors (Lipinski definition) is 3. The summed E-state index contributed by atoms with van der Waals surface area (Å²) >= 11 is 0. The molecule has 0 amide bonds. The molecule has 3 heteroatoms. The summed E-state index contributed by atoms with van der Waals surface area (Å²) in [5.41, 5.74) is 0. The minimum Gasteiger partial charge on any atom is -0.391 e. The van der Waals surface area contributed by atoms with Gasteiger partial charge >= 0.3 is 0 Å². The minimum absolute atomic E-state index is 0. The summed E-state index contributed by atoms with van der Waals surface area (Å²) in [7, 11) is 1.62. The molecule has 0 spiro atoms. The van der Waals surface area contributed by atoms with Crippen LogP contribution in [-0.2, 0) is 9.47 Å². The van der Waals surface area contributed by atoms with Gasteiger partial charge in [-0.25, -0.2) is 0 Å². The molecule has 0 aliphatic rings. The van der Waals surface area contributed by atoms with Crippen molar-refractivity contribution in [3.05, 3.63) is 0 Å². The summed E-state index contributed by atoms with van der Waals surface area (Å²) in [5.74, 6) is 0. The van der Waals surface area contributed by atoms with Gasteiger partial charge in [-0.05, 0) is 13.8 Å². The first-order valence-electron chi connectivity index (χ1n) is 3.47. The fourth-order valence-electron chi connectivity index (χ4n) is 0.457. The Labute approximate surface area is 91.4 Å². The zero-order valence-corrected chi connectivity index (χ0v) is 6.83. The van der Waals surface area contributed by atoms with Crippen LogP contribution in [0.25, 0.3) is 0 Å². The molecule has 2 unspecified atom stereocenters. The van der Waals surface area contributed by atoms with Gasteiger partial charge in [0.2, 0.25) is 0 Å². The average Bonchev–Trinajstić information content (AvgIpc) is 1.88. The molecule has 1 N–H and O–H groups in total. The first kappa shape index (κ1) is 29.2. The molecule has 94 valence electrons. The van der Waals surface area contributed by atoms with Gasteiger partial charge in [-0.15, -0.1) is 0 Å². The summed E-state index contributed by atoms with van der Waals surface area (Å²) in [4.78, 5) is 0. The predicted molar refractivity (Wildman–Crippen MR) is 65.9 cm³/mol. The van der Waals surface area contributed by atoms with Crippen LogP contribution in [0.3, 0.4) is 0 Å². The van der Waals surface area contributed by atoms with Crippen molar-refractivity contribution in [2.75, 3.05) is 20.3 Å². The van der Waals surface area contributed by atoms with Gasteiger partial charge in [0.1, 0.15) is 0 Å². The second-order valence-electron chi connectivity index (χ2n) is 2.31. The van der Waals surface area contributed by atoms with Crippen molar-refractivity contribution in [1.82, 2.24) is 0 Å². The van der Waals surface area contributed by atoms with Crippen molar-refractivity contribution in [1.29, 1.82) is 0 Å². The van der Waals surface area contributed by atoms with Crippen molar-refractivity contribution in [3.8, 4) is 0 Å². The largest absolute Gasteiger partial charge is 0.391 e. The standard InChI is InChI=1S/C7H16O3.4CH4/c1-6(8)7(2)10-5-4-9-3;;;;/h6-8H,4-5H2,1-3H3;4*1H4. The number of hydrogen-bond donors (Lipinski definition) is 1. The summed E-state index contributed by atoms with van der Waals surface area (Å²) in [5, 5.41) is 8.95. The van der Waals surface area contributed by atoms with E-state index in [0.29, 0.717) is 13.2 Å². The molecule has 0 aliphatic carbocycles. The van der Waals surface area contributed by atoms with E-state index in [1.807, 2.05) is 6.92 Å². The molecule has 14 heavy (non-hydrogen) atoms. The number of methoxy groups -OCH3 is 1. The van der Waals surface area contributed by atoms with Crippen molar-refractivity contribution >= 4 is 0 Å². The zero-order valence-electron chi connectivity index (χ0n) is 6.83.